The molecular weight excluding hydrogens is 142 g/mol. The fourth-order valence-electron chi connectivity index (χ4n) is 2.90. The van der Waals surface area contributed by atoms with E-state index < -0.39 is 0 Å². The van der Waals surface area contributed by atoms with Crippen molar-refractivity contribution >= 4 is 6.09 Å². The topological polar surface area (TPSA) is 38.3 Å². The number of alkyl carbamates (subject to hydrolysis) is 1. The molecule has 0 aromatic carbocycles. The SMILES string of the molecule is O=C1NC2C3CCC(C3)C2O1. The zero-order valence-electron chi connectivity index (χ0n) is 6.25. The van der Waals surface area contributed by atoms with Gasteiger partial charge in [-0.15, -0.1) is 0 Å². The van der Waals surface area contributed by atoms with Gasteiger partial charge in [-0.2, -0.15) is 0 Å². The second kappa shape index (κ2) is 1.71. The molecule has 2 bridgehead atoms. The Morgan fingerprint density at radius 3 is 3.00 bits per heavy atom. The number of amides is 1. The molecule has 4 atom stereocenters. The summed E-state index contributed by atoms with van der Waals surface area (Å²) in [7, 11) is 0. The molecule has 0 aromatic heterocycles. The van der Waals surface area contributed by atoms with E-state index in [1.54, 1.807) is 0 Å². The molecule has 3 nitrogen and oxygen atoms in total. The van der Waals surface area contributed by atoms with Crippen molar-refractivity contribution in [3.8, 4) is 0 Å². The fourth-order valence-corrected chi connectivity index (χ4v) is 2.90. The molecule has 3 fully saturated rings. The lowest BCUT2D eigenvalue weighted by Crippen LogP contribution is -2.36. The minimum atomic E-state index is -0.198. The van der Waals surface area contributed by atoms with Crippen LogP contribution in [0.15, 0.2) is 0 Å². The molecule has 3 heteroatoms. The van der Waals surface area contributed by atoms with Gasteiger partial charge in [0.15, 0.2) is 0 Å². The third kappa shape index (κ3) is 0.613. The molecule has 0 aromatic rings. The molecule has 60 valence electrons. The Balaban J connectivity index is 1.92. The van der Waals surface area contributed by atoms with Crippen LogP contribution in [0.25, 0.3) is 0 Å². The summed E-state index contributed by atoms with van der Waals surface area (Å²) in [6.45, 7) is 0. The van der Waals surface area contributed by atoms with Crippen molar-refractivity contribution in [2.75, 3.05) is 0 Å². The number of rotatable bonds is 0. The van der Waals surface area contributed by atoms with Gasteiger partial charge >= 0.3 is 6.09 Å². The Bertz CT molecular complexity index is 196. The van der Waals surface area contributed by atoms with Crippen molar-refractivity contribution < 1.29 is 9.53 Å². The first-order valence-electron chi connectivity index (χ1n) is 4.32. The first kappa shape index (κ1) is 5.86. The number of hydrogen-bond donors (Lipinski definition) is 1. The highest BCUT2D eigenvalue weighted by Gasteiger charge is 2.53. The average Bonchev–Trinajstić information content (AvgIpc) is 2.53. The third-order valence-corrected chi connectivity index (χ3v) is 3.37. The summed E-state index contributed by atoms with van der Waals surface area (Å²) in [6, 6.07) is 0.362. The Morgan fingerprint density at radius 2 is 2.18 bits per heavy atom. The van der Waals surface area contributed by atoms with Crippen LogP contribution in [-0.4, -0.2) is 18.2 Å². The molecule has 2 aliphatic carbocycles. The number of fused-ring (bicyclic) bond motifs is 5. The average molecular weight is 153 g/mol. The number of carbonyl (C=O) groups excluding carboxylic acids is 1. The number of nitrogens with one attached hydrogen (secondary N) is 1. The lowest BCUT2D eigenvalue weighted by atomic mass is 9.93. The van der Waals surface area contributed by atoms with E-state index in [-0.39, 0.29) is 12.2 Å². The Hall–Kier alpha value is -0.730. The van der Waals surface area contributed by atoms with Gasteiger partial charge in [-0.3, -0.25) is 0 Å². The number of ether oxygens (including phenoxy) is 1. The minimum Gasteiger partial charge on any atom is -0.444 e. The predicted molar refractivity (Wildman–Crippen MR) is 38.0 cm³/mol. The van der Waals surface area contributed by atoms with Crippen molar-refractivity contribution in [1.29, 1.82) is 0 Å². The molecule has 11 heavy (non-hydrogen) atoms. The maximum atomic E-state index is 10.8. The molecule has 1 N–H and O–H groups in total. The van der Waals surface area contributed by atoms with Gasteiger partial charge in [0, 0.05) is 0 Å². The van der Waals surface area contributed by atoms with E-state index >= 15 is 0 Å². The highest BCUT2D eigenvalue weighted by molar-refractivity contribution is 5.70. The van der Waals surface area contributed by atoms with Gasteiger partial charge < -0.3 is 10.1 Å². The van der Waals surface area contributed by atoms with E-state index in [0.29, 0.717) is 12.0 Å². The summed E-state index contributed by atoms with van der Waals surface area (Å²) in [5.41, 5.74) is 0. The first-order valence-corrected chi connectivity index (χ1v) is 4.32. The maximum absolute atomic E-state index is 10.8. The third-order valence-electron chi connectivity index (χ3n) is 3.37. The van der Waals surface area contributed by atoms with Crippen LogP contribution in [0, 0.1) is 11.8 Å². The number of hydrogen-bond acceptors (Lipinski definition) is 2. The molecule has 3 rings (SSSR count). The van der Waals surface area contributed by atoms with E-state index in [0.717, 1.165) is 5.92 Å². The van der Waals surface area contributed by atoms with Crippen LogP contribution in [0.3, 0.4) is 0 Å². The number of carbonyl (C=O) groups is 1. The highest BCUT2D eigenvalue weighted by Crippen LogP contribution is 2.47. The van der Waals surface area contributed by atoms with Crippen LogP contribution in [0.2, 0.25) is 0 Å². The van der Waals surface area contributed by atoms with Crippen LogP contribution in [0.5, 0.6) is 0 Å². The second-order valence-electron chi connectivity index (χ2n) is 3.87. The zero-order valence-corrected chi connectivity index (χ0v) is 6.25. The van der Waals surface area contributed by atoms with Gasteiger partial charge in [-0.1, -0.05) is 0 Å². The van der Waals surface area contributed by atoms with E-state index in [2.05, 4.69) is 5.32 Å². The largest absolute Gasteiger partial charge is 0.444 e. The summed E-state index contributed by atoms with van der Waals surface area (Å²) in [4.78, 5) is 10.8. The quantitative estimate of drug-likeness (QED) is 0.561. The Labute approximate surface area is 65.1 Å². The van der Waals surface area contributed by atoms with Crippen molar-refractivity contribution in [3.05, 3.63) is 0 Å². The van der Waals surface area contributed by atoms with Crippen molar-refractivity contribution in [2.45, 2.75) is 31.4 Å². The maximum Gasteiger partial charge on any atom is 0.407 e. The van der Waals surface area contributed by atoms with Gasteiger partial charge in [-0.25, -0.2) is 4.79 Å². The lowest BCUT2D eigenvalue weighted by Gasteiger charge is -2.20. The molecule has 1 heterocycles. The lowest BCUT2D eigenvalue weighted by molar-refractivity contribution is 0.101. The van der Waals surface area contributed by atoms with Gasteiger partial charge in [-0.05, 0) is 31.1 Å². The smallest absolute Gasteiger partial charge is 0.407 e. The molecule has 1 saturated heterocycles. The van der Waals surface area contributed by atoms with Crippen LogP contribution < -0.4 is 5.32 Å². The predicted octanol–water partition coefficient (Wildman–Crippen LogP) is 0.893. The van der Waals surface area contributed by atoms with Gasteiger partial charge in [0.05, 0.1) is 6.04 Å². The minimum absolute atomic E-state index is 0.198. The monoisotopic (exact) mass is 153 g/mol. The van der Waals surface area contributed by atoms with Gasteiger partial charge in [0.25, 0.3) is 0 Å². The molecule has 0 radical (unpaired) electrons. The summed E-state index contributed by atoms with van der Waals surface area (Å²) < 4.78 is 5.17. The van der Waals surface area contributed by atoms with Crippen molar-refractivity contribution in [3.63, 3.8) is 0 Å². The summed E-state index contributed by atoms with van der Waals surface area (Å²) in [6.07, 6.45) is 3.85. The van der Waals surface area contributed by atoms with Crippen LogP contribution in [-0.2, 0) is 4.74 Å². The van der Waals surface area contributed by atoms with Crippen molar-refractivity contribution in [1.82, 2.24) is 5.32 Å². The van der Waals surface area contributed by atoms with Crippen LogP contribution >= 0.6 is 0 Å². The molecular formula is C8H11NO2. The Kier molecular flexibility index (Phi) is 0.910. The fraction of sp³-hybridized carbons (Fsp3) is 0.875. The normalized spacial score (nSPS) is 52.2. The van der Waals surface area contributed by atoms with E-state index in [1.165, 1.54) is 19.3 Å². The molecule has 4 unspecified atom stereocenters. The highest BCUT2D eigenvalue weighted by atomic mass is 16.6. The second-order valence-corrected chi connectivity index (χ2v) is 3.87. The summed E-state index contributed by atoms with van der Waals surface area (Å²) in [5.74, 6) is 1.39. The van der Waals surface area contributed by atoms with E-state index in [9.17, 15) is 4.79 Å². The van der Waals surface area contributed by atoms with Crippen LogP contribution in [0.1, 0.15) is 19.3 Å². The van der Waals surface area contributed by atoms with Crippen LogP contribution in [0.4, 0.5) is 4.79 Å². The first-order chi connectivity index (χ1) is 5.34. The molecule has 3 aliphatic rings. The van der Waals surface area contributed by atoms with Crippen molar-refractivity contribution in [2.24, 2.45) is 11.8 Å². The standard InChI is InChI=1S/C8H11NO2/c10-8-9-6-4-1-2-5(3-4)7(6)11-8/h4-7H,1-3H2,(H,9,10). The van der Waals surface area contributed by atoms with Gasteiger partial charge in [0.2, 0.25) is 0 Å². The molecule has 2 saturated carbocycles. The summed E-state index contributed by atoms with van der Waals surface area (Å²) >= 11 is 0. The van der Waals surface area contributed by atoms with E-state index in [1.807, 2.05) is 0 Å². The van der Waals surface area contributed by atoms with E-state index in [4.69, 9.17) is 4.74 Å². The molecule has 1 amide bonds. The zero-order chi connectivity index (χ0) is 7.42. The molecule has 0 spiro atoms. The Morgan fingerprint density at radius 1 is 1.36 bits per heavy atom. The molecule has 1 aliphatic heterocycles. The summed E-state index contributed by atoms with van der Waals surface area (Å²) in [5, 5.41) is 2.89. The van der Waals surface area contributed by atoms with Gasteiger partial charge in [0.1, 0.15) is 6.10 Å².